The number of fused-ring (bicyclic) bond motifs is 14. The first-order chi connectivity index (χ1) is 27.0. The van der Waals surface area contributed by atoms with Crippen LogP contribution in [-0.2, 0) is 0 Å². The maximum atomic E-state index is 15.2. The van der Waals surface area contributed by atoms with Crippen LogP contribution in [0.1, 0.15) is 5.56 Å². The van der Waals surface area contributed by atoms with Crippen LogP contribution < -0.4 is 0 Å². The molecule has 0 fully saturated rings. The standard InChI is InChI=1S/C49H28F2N2S2/c1-27-40(52-41-14-6-2-10-32(41)36-18-20-38-34-12-4-8-16-43(34)54-48(38)46(36)52)23-22-31(28-24-29(50)26-30(51)25-28)45(27)53-42-15-7-3-11-33(42)37-19-21-39-35-13-5-9-17-44(35)55-49(39)47(37)53/h2-26H,1H3. The molecule has 12 aromatic rings. The van der Waals surface area contributed by atoms with Crippen LogP contribution in [0.3, 0.4) is 0 Å². The summed E-state index contributed by atoms with van der Waals surface area (Å²) in [5, 5.41) is 9.53. The van der Waals surface area contributed by atoms with Gasteiger partial charge in [0.15, 0.2) is 0 Å². The summed E-state index contributed by atoms with van der Waals surface area (Å²) in [6, 6.07) is 51.4. The lowest BCUT2D eigenvalue weighted by Crippen LogP contribution is -2.06. The van der Waals surface area contributed by atoms with Crippen molar-refractivity contribution >= 4 is 107 Å². The van der Waals surface area contributed by atoms with Crippen LogP contribution in [0.15, 0.2) is 152 Å². The first-order valence-corrected chi connectivity index (χ1v) is 19.9. The molecule has 0 spiro atoms. The molecule has 0 bridgehead atoms. The van der Waals surface area contributed by atoms with E-state index in [1.165, 1.54) is 63.2 Å². The van der Waals surface area contributed by atoms with Gasteiger partial charge in [-0.3, -0.25) is 0 Å². The van der Waals surface area contributed by atoms with Gasteiger partial charge in [0, 0.05) is 64.1 Å². The summed E-state index contributed by atoms with van der Waals surface area (Å²) in [5.41, 5.74) is 8.56. The zero-order valence-electron chi connectivity index (χ0n) is 29.4. The fourth-order valence-electron chi connectivity index (χ4n) is 9.11. The lowest BCUT2D eigenvalue weighted by atomic mass is 9.98. The zero-order valence-corrected chi connectivity index (χ0v) is 31.0. The van der Waals surface area contributed by atoms with Crippen molar-refractivity contribution in [1.82, 2.24) is 9.13 Å². The third-order valence-corrected chi connectivity index (χ3v) is 13.8. The second-order valence-electron chi connectivity index (χ2n) is 14.3. The Morgan fingerprint density at radius 1 is 0.436 bits per heavy atom. The Labute approximate surface area is 321 Å². The number of thiophene rings is 2. The Kier molecular flexibility index (Phi) is 6.40. The topological polar surface area (TPSA) is 9.86 Å². The molecule has 0 aliphatic rings. The van der Waals surface area contributed by atoms with E-state index in [-0.39, 0.29) is 0 Å². The number of rotatable bonds is 3. The van der Waals surface area contributed by atoms with Crippen LogP contribution in [0.25, 0.3) is 106 Å². The molecule has 4 aromatic heterocycles. The molecule has 0 aliphatic carbocycles. The molecule has 0 saturated heterocycles. The molecule has 4 heterocycles. The highest BCUT2D eigenvalue weighted by Crippen LogP contribution is 2.48. The highest BCUT2D eigenvalue weighted by molar-refractivity contribution is 7.27. The molecule has 6 heteroatoms. The van der Waals surface area contributed by atoms with Gasteiger partial charge in [0.05, 0.1) is 42.8 Å². The van der Waals surface area contributed by atoms with E-state index < -0.39 is 11.6 Å². The number of halogens is 2. The van der Waals surface area contributed by atoms with E-state index in [0.717, 1.165) is 61.4 Å². The SMILES string of the molecule is Cc1c(-n2c3ccccc3c3ccc4c5ccccc5sc4c32)ccc(-c2cc(F)cc(F)c2)c1-n1c2ccccc2c2ccc3c4ccccc4sc3c21. The second kappa shape index (κ2) is 11.3. The van der Waals surface area contributed by atoms with Crippen LogP contribution in [0, 0.1) is 18.6 Å². The van der Waals surface area contributed by atoms with Crippen molar-refractivity contribution in [2.75, 3.05) is 0 Å². The number of para-hydroxylation sites is 2. The third kappa shape index (κ3) is 4.26. The summed E-state index contributed by atoms with van der Waals surface area (Å²) in [4.78, 5) is 0. The first kappa shape index (κ1) is 31.1. The van der Waals surface area contributed by atoms with E-state index in [2.05, 4.69) is 150 Å². The van der Waals surface area contributed by atoms with E-state index in [0.29, 0.717) is 5.56 Å². The molecule has 0 radical (unpaired) electrons. The summed E-state index contributed by atoms with van der Waals surface area (Å²) < 4.78 is 40.0. The summed E-state index contributed by atoms with van der Waals surface area (Å²) in [6.45, 7) is 2.17. The lowest BCUT2D eigenvalue weighted by Gasteiger charge is -2.21. The molecular formula is C49H28F2N2S2. The molecular weight excluding hydrogens is 719 g/mol. The van der Waals surface area contributed by atoms with Gasteiger partial charge in [-0.1, -0.05) is 103 Å². The van der Waals surface area contributed by atoms with Gasteiger partial charge in [-0.2, -0.15) is 0 Å². The molecule has 0 N–H and O–H groups in total. The Morgan fingerprint density at radius 2 is 0.909 bits per heavy atom. The normalized spacial score (nSPS) is 12.3. The highest BCUT2D eigenvalue weighted by atomic mass is 32.1. The van der Waals surface area contributed by atoms with E-state index in [1.807, 2.05) is 11.3 Å². The van der Waals surface area contributed by atoms with Crippen LogP contribution >= 0.6 is 22.7 Å². The molecule has 0 aliphatic heterocycles. The van der Waals surface area contributed by atoms with Crippen LogP contribution in [-0.4, -0.2) is 9.13 Å². The van der Waals surface area contributed by atoms with Gasteiger partial charge < -0.3 is 9.13 Å². The van der Waals surface area contributed by atoms with Crippen LogP contribution in [0.2, 0.25) is 0 Å². The van der Waals surface area contributed by atoms with Crippen molar-refractivity contribution < 1.29 is 8.78 Å². The minimum atomic E-state index is -0.605. The number of hydrogen-bond acceptors (Lipinski definition) is 2. The van der Waals surface area contributed by atoms with Gasteiger partial charge in [0.25, 0.3) is 0 Å². The Bertz CT molecular complexity index is 3580. The van der Waals surface area contributed by atoms with E-state index in [1.54, 1.807) is 11.3 Å². The molecule has 260 valence electrons. The van der Waals surface area contributed by atoms with Crippen molar-refractivity contribution in [3.8, 4) is 22.5 Å². The molecule has 0 unspecified atom stereocenters. The molecule has 0 saturated carbocycles. The van der Waals surface area contributed by atoms with E-state index in [4.69, 9.17) is 0 Å². The van der Waals surface area contributed by atoms with Crippen molar-refractivity contribution in [1.29, 1.82) is 0 Å². The van der Waals surface area contributed by atoms with Crippen molar-refractivity contribution in [2.24, 2.45) is 0 Å². The van der Waals surface area contributed by atoms with Gasteiger partial charge >= 0.3 is 0 Å². The average Bonchev–Trinajstić information content (AvgIpc) is 3.95. The number of nitrogens with zero attached hydrogens (tertiary/aromatic N) is 2. The van der Waals surface area contributed by atoms with Gasteiger partial charge in [0.2, 0.25) is 0 Å². The predicted octanol–water partition coefficient (Wildman–Crippen LogP) is 14.9. The fraction of sp³-hybridized carbons (Fsp3) is 0.0204. The predicted molar refractivity (Wildman–Crippen MR) is 231 cm³/mol. The van der Waals surface area contributed by atoms with Gasteiger partial charge in [0.1, 0.15) is 11.6 Å². The molecule has 2 nitrogen and oxygen atoms in total. The Morgan fingerprint density at radius 3 is 1.49 bits per heavy atom. The summed E-state index contributed by atoms with van der Waals surface area (Å²) in [5.74, 6) is -1.21. The maximum Gasteiger partial charge on any atom is 0.126 e. The molecule has 8 aromatic carbocycles. The zero-order chi connectivity index (χ0) is 36.5. The molecule has 0 amide bonds. The van der Waals surface area contributed by atoms with Gasteiger partial charge in [-0.25, -0.2) is 8.78 Å². The minimum Gasteiger partial charge on any atom is -0.307 e. The second-order valence-corrected chi connectivity index (χ2v) is 16.4. The van der Waals surface area contributed by atoms with E-state index >= 15 is 8.78 Å². The first-order valence-electron chi connectivity index (χ1n) is 18.3. The fourth-order valence-corrected chi connectivity index (χ4v) is 11.6. The monoisotopic (exact) mass is 746 g/mol. The van der Waals surface area contributed by atoms with Gasteiger partial charge in [-0.05, 0) is 60.5 Å². The van der Waals surface area contributed by atoms with Crippen molar-refractivity contribution in [2.45, 2.75) is 6.92 Å². The molecule has 55 heavy (non-hydrogen) atoms. The highest BCUT2D eigenvalue weighted by Gasteiger charge is 2.25. The number of hydrogen-bond donors (Lipinski definition) is 0. The Balaban J connectivity index is 1.28. The minimum absolute atomic E-state index is 0.491. The summed E-state index contributed by atoms with van der Waals surface area (Å²) in [6.07, 6.45) is 0. The average molecular weight is 747 g/mol. The number of aromatic nitrogens is 2. The smallest absolute Gasteiger partial charge is 0.126 e. The van der Waals surface area contributed by atoms with E-state index in [9.17, 15) is 0 Å². The van der Waals surface area contributed by atoms with Crippen LogP contribution in [0.4, 0.5) is 8.78 Å². The van der Waals surface area contributed by atoms with Crippen molar-refractivity contribution in [3.63, 3.8) is 0 Å². The lowest BCUT2D eigenvalue weighted by molar-refractivity contribution is 0.584. The number of benzene rings is 8. The van der Waals surface area contributed by atoms with Gasteiger partial charge in [-0.15, -0.1) is 22.7 Å². The molecule has 12 rings (SSSR count). The third-order valence-electron chi connectivity index (χ3n) is 11.4. The maximum absolute atomic E-state index is 15.2. The largest absolute Gasteiger partial charge is 0.307 e. The summed E-state index contributed by atoms with van der Waals surface area (Å²) >= 11 is 3.62. The van der Waals surface area contributed by atoms with Crippen LogP contribution in [0.5, 0.6) is 0 Å². The van der Waals surface area contributed by atoms with Crippen molar-refractivity contribution in [3.05, 3.63) is 169 Å². The molecule has 0 atom stereocenters. The Hall–Kier alpha value is -6.34. The summed E-state index contributed by atoms with van der Waals surface area (Å²) in [7, 11) is 0. The quantitative estimate of drug-likeness (QED) is 0.170.